The van der Waals surface area contributed by atoms with Crippen LogP contribution in [-0.4, -0.2) is 25.7 Å². The average Bonchev–Trinajstić information content (AvgIpc) is 2.25. The maximum atomic E-state index is 10.8. The molecule has 82 valence electrons. The summed E-state index contributed by atoms with van der Waals surface area (Å²) in [5, 5.41) is 3.49. The fraction of sp³-hybridized carbons (Fsp3) is 0.909. The van der Waals surface area contributed by atoms with Crippen LogP contribution < -0.4 is 5.32 Å². The van der Waals surface area contributed by atoms with Crippen molar-refractivity contribution < 1.29 is 9.53 Å². The second-order valence-electron chi connectivity index (χ2n) is 3.97. The van der Waals surface area contributed by atoms with Crippen LogP contribution in [-0.2, 0) is 9.53 Å². The molecule has 0 aromatic heterocycles. The van der Waals surface area contributed by atoms with Gasteiger partial charge in [0.05, 0.1) is 7.11 Å². The zero-order valence-corrected chi connectivity index (χ0v) is 9.05. The topological polar surface area (TPSA) is 38.3 Å². The molecule has 0 radical (unpaired) electrons. The lowest BCUT2D eigenvalue weighted by Gasteiger charge is -2.22. The molecule has 1 aliphatic carbocycles. The number of rotatable bonds is 5. The summed E-state index contributed by atoms with van der Waals surface area (Å²) in [4.78, 5) is 10.8. The van der Waals surface area contributed by atoms with E-state index >= 15 is 0 Å². The second kappa shape index (κ2) is 6.82. The van der Waals surface area contributed by atoms with Gasteiger partial charge < -0.3 is 10.1 Å². The predicted molar refractivity (Wildman–Crippen MR) is 56.1 cm³/mol. The molecule has 0 amide bonds. The first kappa shape index (κ1) is 11.5. The summed E-state index contributed by atoms with van der Waals surface area (Å²) in [7, 11) is 1.44. The van der Waals surface area contributed by atoms with Crippen molar-refractivity contribution in [3.63, 3.8) is 0 Å². The normalized spacial score (nSPS) is 18.1. The third-order valence-electron chi connectivity index (χ3n) is 2.82. The van der Waals surface area contributed by atoms with Crippen molar-refractivity contribution >= 4 is 5.97 Å². The predicted octanol–water partition coefficient (Wildman–Crippen LogP) is 1.86. The first-order valence-corrected chi connectivity index (χ1v) is 5.63. The first-order valence-electron chi connectivity index (χ1n) is 5.63. The van der Waals surface area contributed by atoms with E-state index in [2.05, 4.69) is 10.1 Å². The Morgan fingerprint density at radius 3 is 2.71 bits per heavy atom. The molecule has 0 aromatic carbocycles. The minimum absolute atomic E-state index is 0.101. The zero-order chi connectivity index (χ0) is 10.2. The summed E-state index contributed by atoms with van der Waals surface area (Å²) < 4.78 is 4.58. The molecule has 0 aliphatic heterocycles. The number of carbonyl (C=O) groups is 1. The summed E-state index contributed by atoms with van der Waals surface area (Å²) in [5.74, 6) is -0.101. The fourth-order valence-electron chi connectivity index (χ4n) is 1.95. The summed E-state index contributed by atoms with van der Waals surface area (Å²) in [6.07, 6.45) is 8.14. The number of methoxy groups -OCH3 is 1. The molecule has 0 heterocycles. The molecule has 3 heteroatoms. The van der Waals surface area contributed by atoms with Crippen molar-refractivity contribution in [1.29, 1.82) is 0 Å². The maximum Gasteiger partial charge on any atom is 0.305 e. The highest BCUT2D eigenvalue weighted by Gasteiger charge is 2.11. The van der Waals surface area contributed by atoms with Crippen molar-refractivity contribution in [2.24, 2.45) is 0 Å². The largest absolute Gasteiger partial charge is 0.469 e. The molecule has 0 atom stereocenters. The highest BCUT2D eigenvalue weighted by atomic mass is 16.5. The van der Waals surface area contributed by atoms with E-state index in [9.17, 15) is 4.79 Å². The van der Waals surface area contributed by atoms with Gasteiger partial charge in [-0.05, 0) is 25.8 Å². The van der Waals surface area contributed by atoms with Crippen LogP contribution in [0.15, 0.2) is 0 Å². The van der Waals surface area contributed by atoms with E-state index in [1.54, 1.807) is 0 Å². The van der Waals surface area contributed by atoms with Gasteiger partial charge in [-0.25, -0.2) is 0 Å². The quantitative estimate of drug-likeness (QED) is 0.542. The summed E-state index contributed by atoms with van der Waals surface area (Å²) in [5.41, 5.74) is 0. The van der Waals surface area contributed by atoms with Crippen LogP contribution in [0.4, 0.5) is 0 Å². The molecule has 0 unspecified atom stereocenters. The molecular weight excluding hydrogens is 178 g/mol. The average molecular weight is 199 g/mol. The molecule has 1 aliphatic rings. The number of nitrogens with one attached hydrogen (secondary N) is 1. The van der Waals surface area contributed by atoms with E-state index in [1.807, 2.05) is 0 Å². The lowest BCUT2D eigenvalue weighted by atomic mass is 9.95. The molecule has 0 aromatic rings. The highest BCUT2D eigenvalue weighted by Crippen LogP contribution is 2.17. The van der Waals surface area contributed by atoms with Crippen molar-refractivity contribution in [3.05, 3.63) is 0 Å². The lowest BCUT2D eigenvalue weighted by molar-refractivity contribution is -0.140. The molecular formula is C11H21NO2. The minimum Gasteiger partial charge on any atom is -0.469 e. The summed E-state index contributed by atoms with van der Waals surface area (Å²) >= 11 is 0. The van der Waals surface area contributed by atoms with E-state index in [1.165, 1.54) is 39.2 Å². The summed E-state index contributed by atoms with van der Waals surface area (Å²) in [6.45, 7) is 0.944. The lowest BCUT2D eigenvalue weighted by Crippen LogP contribution is -2.31. The monoisotopic (exact) mass is 199 g/mol. The molecule has 3 nitrogen and oxygen atoms in total. The standard InChI is InChI=1S/C11H21NO2/c1-14-11(13)8-5-9-12-10-6-3-2-4-7-10/h10,12H,2-9H2,1H3. The van der Waals surface area contributed by atoms with Crippen LogP contribution in [0.5, 0.6) is 0 Å². The van der Waals surface area contributed by atoms with E-state index < -0.39 is 0 Å². The first-order chi connectivity index (χ1) is 6.83. The molecule has 0 saturated heterocycles. The van der Waals surface area contributed by atoms with Gasteiger partial charge in [-0.15, -0.1) is 0 Å². The van der Waals surface area contributed by atoms with E-state index in [0.29, 0.717) is 12.5 Å². The van der Waals surface area contributed by atoms with Gasteiger partial charge in [-0.3, -0.25) is 4.79 Å². The number of carbonyl (C=O) groups excluding carboxylic acids is 1. The Hall–Kier alpha value is -0.570. The smallest absolute Gasteiger partial charge is 0.305 e. The maximum absolute atomic E-state index is 10.8. The van der Waals surface area contributed by atoms with Gasteiger partial charge in [0.1, 0.15) is 0 Å². The van der Waals surface area contributed by atoms with Gasteiger partial charge in [-0.2, -0.15) is 0 Å². The Morgan fingerprint density at radius 2 is 2.07 bits per heavy atom. The Balaban J connectivity index is 1.94. The van der Waals surface area contributed by atoms with E-state index in [0.717, 1.165) is 13.0 Å². The van der Waals surface area contributed by atoms with Crippen molar-refractivity contribution in [3.8, 4) is 0 Å². The minimum atomic E-state index is -0.101. The van der Waals surface area contributed by atoms with Gasteiger partial charge in [0.15, 0.2) is 0 Å². The molecule has 0 bridgehead atoms. The van der Waals surface area contributed by atoms with E-state index in [-0.39, 0.29) is 5.97 Å². The number of ether oxygens (including phenoxy) is 1. The van der Waals surface area contributed by atoms with Gasteiger partial charge in [0, 0.05) is 12.5 Å². The van der Waals surface area contributed by atoms with E-state index in [4.69, 9.17) is 0 Å². The molecule has 1 saturated carbocycles. The zero-order valence-electron chi connectivity index (χ0n) is 9.05. The van der Waals surface area contributed by atoms with Crippen molar-refractivity contribution in [2.75, 3.05) is 13.7 Å². The SMILES string of the molecule is COC(=O)CCCNC1CCCCC1. The van der Waals surface area contributed by atoms with Gasteiger partial charge >= 0.3 is 5.97 Å². The van der Waals surface area contributed by atoms with Crippen LogP contribution in [0.1, 0.15) is 44.9 Å². The third kappa shape index (κ3) is 4.61. The van der Waals surface area contributed by atoms with Crippen LogP contribution in [0.25, 0.3) is 0 Å². The Morgan fingerprint density at radius 1 is 1.36 bits per heavy atom. The van der Waals surface area contributed by atoms with Gasteiger partial charge in [-0.1, -0.05) is 19.3 Å². The number of esters is 1. The van der Waals surface area contributed by atoms with Crippen LogP contribution >= 0.6 is 0 Å². The molecule has 0 spiro atoms. The highest BCUT2D eigenvalue weighted by molar-refractivity contribution is 5.69. The van der Waals surface area contributed by atoms with Crippen LogP contribution in [0.2, 0.25) is 0 Å². The number of hydrogen-bond acceptors (Lipinski definition) is 3. The van der Waals surface area contributed by atoms with Crippen LogP contribution in [0, 0.1) is 0 Å². The Bertz CT molecular complexity index is 165. The third-order valence-corrected chi connectivity index (χ3v) is 2.82. The summed E-state index contributed by atoms with van der Waals surface area (Å²) in [6, 6.07) is 0.696. The van der Waals surface area contributed by atoms with Crippen LogP contribution in [0.3, 0.4) is 0 Å². The molecule has 14 heavy (non-hydrogen) atoms. The number of hydrogen-bond donors (Lipinski definition) is 1. The van der Waals surface area contributed by atoms with Gasteiger partial charge in [0.2, 0.25) is 0 Å². The molecule has 1 N–H and O–H groups in total. The van der Waals surface area contributed by atoms with Gasteiger partial charge in [0.25, 0.3) is 0 Å². The fourth-order valence-corrected chi connectivity index (χ4v) is 1.95. The second-order valence-corrected chi connectivity index (χ2v) is 3.97. The van der Waals surface area contributed by atoms with Crippen molar-refractivity contribution in [2.45, 2.75) is 51.0 Å². The Kier molecular flexibility index (Phi) is 5.60. The van der Waals surface area contributed by atoms with Crippen molar-refractivity contribution in [1.82, 2.24) is 5.32 Å². The molecule has 1 fully saturated rings. The Labute approximate surface area is 86.2 Å². The molecule has 1 rings (SSSR count).